The average Bonchev–Trinajstić information content (AvgIpc) is 2.74. The highest BCUT2D eigenvalue weighted by Crippen LogP contribution is 2.27. The van der Waals surface area contributed by atoms with Crippen molar-refractivity contribution in [1.82, 2.24) is 0 Å². The Bertz CT molecular complexity index is 1110. The molecule has 0 heterocycles. The number of anilines is 2. The molecule has 0 aliphatic carbocycles. The van der Waals surface area contributed by atoms with E-state index in [0.717, 1.165) is 23.2 Å². The van der Waals surface area contributed by atoms with Crippen LogP contribution in [0, 0.1) is 13.7 Å². The summed E-state index contributed by atoms with van der Waals surface area (Å²) in [5, 5.41) is 10.9. The van der Waals surface area contributed by atoms with Gasteiger partial charge in [0.05, 0.1) is 4.92 Å². The molecule has 0 unspecified atom stereocenters. The van der Waals surface area contributed by atoms with Crippen LogP contribution in [0.3, 0.4) is 0 Å². The largest absolute Gasteiger partial charge is 0.378 e. The molecule has 0 amide bonds. The molecule has 3 aromatic carbocycles. The number of nitro groups is 1. The Kier molecular flexibility index (Phi) is 7.33. The monoisotopic (exact) mass is 527 g/mol. The number of non-ortho nitro benzene ring substituents is 1. The van der Waals surface area contributed by atoms with Gasteiger partial charge in [-0.25, -0.2) is 0 Å². The fourth-order valence-corrected chi connectivity index (χ4v) is 3.92. The second-order valence-corrected chi connectivity index (χ2v) is 8.97. The molecule has 0 saturated heterocycles. The lowest BCUT2D eigenvalue weighted by Gasteiger charge is -2.17. The van der Waals surface area contributed by atoms with E-state index in [-0.39, 0.29) is 10.6 Å². The van der Waals surface area contributed by atoms with Crippen LogP contribution in [0.5, 0.6) is 0 Å². The molecule has 31 heavy (non-hydrogen) atoms. The van der Waals surface area contributed by atoms with Gasteiger partial charge in [0.15, 0.2) is 0 Å². The van der Waals surface area contributed by atoms with E-state index in [0.29, 0.717) is 0 Å². The van der Waals surface area contributed by atoms with Gasteiger partial charge in [0.2, 0.25) is 0 Å². The van der Waals surface area contributed by atoms with Gasteiger partial charge in [0.1, 0.15) is 0 Å². The summed E-state index contributed by atoms with van der Waals surface area (Å²) in [6, 6.07) is 19.7. The van der Waals surface area contributed by atoms with Crippen molar-refractivity contribution in [1.29, 1.82) is 0 Å². The molecule has 0 aliphatic heterocycles. The Morgan fingerprint density at radius 1 is 0.839 bits per heavy atom. The van der Waals surface area contributed by atoms with Crippen LogP contribution in [0.1, 0.15) is 22.3 Å². The summed E-state index contributed by atoms with van der Waals surface area (Å²) in [5.41, 5.74) is 7.00. The van der Waals surface area contributed by atoms with Crippen molar-refractivity contribution in [3.8, 4) is 0 Å². The number of nitrogens with zero attached hydrogens (tertiary/aromatic N) is 3. The number of halogens is 1. The highest BCUT2D eigenvalue weighted by atomic mass is 127. The van der Waals surface area contributed by atoms with Gasteiger partial charge in [-0.05, 0) is 87.7 Å². The molecule has 5 nitrogen and oxygen atoms in total. The lowest BCUT2D eigenvalue weighted by atomic mass is 9.97. The normalized spacial score (nSPS) is 11.0. The molecule has 0 aliphatic rings. The topological polar surface area (TPSA) is 49.6 Å². The molecule has 0 atom stereocenters. The molecule has 0 fully saturated rings. The second-order valence-electron chi connectivity index (χ2n) is 7.81. The van der Waals surface area contributed by atoms with Crippen molar-refractivity contribution >= 4 is 51.8 Å². The third kappa shape index (κ3) is 5.85. The van der Waals surface area contributed by atoms with Crippen molar-refractivity contribution in [3.05, 3.63) is 96.6 Å². The first kappa shape index (κ1) is 22.8. The summed E-state index contributed by atoms with van der Waals surface area (Å²) in [6.07, 6.45) is 4.92. The molecule has 160 valence electrons. The van der Waals surface area contributed by atoms with E-state index in [4.69, 9.17) is 0 Å². The van der Waals surface area contributed by atoms with E-state index in [1.165, 1.54) is 32.5 Å². The van der Waals surface area contributed by atoms with E-state index < -0.39 is 0 Å². The van der Waals surface area contributed by atoms with Crippen LogP contribution in [-0.4, -0.2) is 33.1 Å². The summed E-state index contributed by atoms with van der Waals surface area (Å²) >= 11 is 2.41. The predicted molar refractivity (Wildman–Crippen MR) is 139 cm³/mol. The number of hydrogen-bond acceptors (Lipinski definition) is 4. The molecule has 6 heteroatoms. The van der Waals surface area contributed by atoms with Gasteiger partial charge >= 0.3 is 0 Å². The van der Waals surface area contributed by atoms with Gasteiger partial charge in [0, 0.05) is 55.3 Å². The smallest absolute Gasteiger partial charge is 0.269 e. The average molecular weight is 527 g/mol. The number of benzene rings is 3. The third-order valence-electron chi connectivity index (χ3n) is 5.14. The quantitative estimate of drug-likeness (QED) is 0.162. The zero-order valence-corrected chi connectivity index (χ0v) is 20.3. The summed E-state index contributed by atoms with van der Waals surface area (Å²) in [5.74, 6) is 0. The van der Waals surface area contributed by atoms with Crippen LogP contribution in [0.4, 0.5) is 17.1 Å². The molecular formula is C25H26IN3O2. The minimum atomic E-state index is -0.380. The molecule has 3 rings (SSSR count). The van der Waals surface area contributed by atoms with E-state index in [1.807, 2.05) is 34.3 Å². The van der Waals surface area contributed by atoms with Gasteiger partial charge in [-0.1, -0.05) is 24.3 Å². The van der Waals surface area contributed by atoms with Crippen LogP contribution in [0.15, 0.2) is 60.7 Å². The molecule has 0 saturated carbocycles. The predicted octanol–water partition coefficient (Wildman–Crippen LogP) is 6.09. The highest BCUT2D eigenvalue weighted by molar-refractivity contribution is 14.1. The SMILES string of the molecule is CN(C)c1ccc(Cc2ccc(N(C)C)cc2/C=C/c2ccc([N+](=O)[O-])cc2)c(I)c1. The first-order valence-corrected chi connectivity index (χ1v) is 11.0. The summed E-state index contributed by atoms with van der Waals surface area (Å²) in [4.78, 5) is 14.7. The molecule has 0 N–H and O–H groups in total. The van der Waals surface area contributed by atoms with E-state index in [2.05, 4.69) is 74.9 Å². The molecule has 0 aromatic heterocycles. The fourth-order valence-electron chi connectivity index (χ4n) is 3.23. The van der Waals surface area contributed by atoms with Gasteiger partial charge in [-0.3, -0.25) is 10.1 Å². The first-order chi connectivity index (χ1) is 14.7. The van der Waals surface area contributed by atoms with Gasteiger partial charge in [-0.15, -0.1) is 0 Å². The van der Waals surface area contributed by atoms with Gasteiger partial charge in [0.25, 0.3) is 5.69 Å². The zero-order chi connectivity index (χ0) is 22.5. The molecule has 0 spiro atoms. The van der Waals surface area contributed by atoms with Crippen molar-refractivity contribution in [2.45, 2.75) is 6.42 Å². The van der Waals surface area contributed by atoms with Gasteiger partial charge < -0.3 is 9.80 Å². The number of hydrogen-bond donors (Lipinski definition) is 0. The van der Waals surface area contributed by atoms with Crippen LogP contribution in [-0.2, 0) is 6.42 Å². The maximum Gasteiger partial charge on any atom is 0.269 e. The number of rotatable bonds is 7. The van der Waals surface area contributed by atoms with Crippen molar-refractivity contribution in [3.63, 3.8) is 0 Å². The maximum absolute atomic E-state index is 10.9. The Morgan fingerprint density at radius 3 is 1.97 bits per heavy atom. The lowest BCUT2D eigenvalue weighted by molar-refractivity contribution is -0.384. The summed E-state index contributed by atoms with van der Waals surface area (Å²) < 4.78 is 1.24. The van der Waals surface area contributed by atoms with Crippen molar-refractivity contribution in [2.75, 3.05) is 38.0 Å². The minimum Gasteiger partial charge on any atom is -0.378 e. The molecular weight excluding hydrogens is 501 g/mol. The first-order valence-electron chi connectivity index (χ1n) is 9.93. The van der Waals surface area contributed by atoms with E-state index in [9.17, 15) is 10.1 Å². The van der Waals surface area contributed by atoms with Crippen LogP contribution >= 0.6 is 22.6 Å². The second kappa shape index (κ2) is 9.96. The summed E-state index contributed by atoms with van der Waals surface area (Å²) in [6.45, 7) is 0. The summed E-state index contributed by atoms with van der Waals surface area (Å²) in [7, 11) is 8.15. The number of nitro benzene ring substituents is 1. The minimum absolute atomic E-state index is 0.100. The molecule has 0 bridgehead atoms. The van der Waals surface area contributed by atoms with Crippen molar-refractivity contribution < 1.29 is 4.92 Å². The Hall–Kier alpha value is -2.87. The maximum atomic E-state index is 10.9. The van der Waals surface area contributed by atoms with Crippen LogP contribution in [0.2, 0.25) is 0 Å². The molecule has 0 radical (unpaired) electrons. The fraction of sp³-hybridized carbons (Fsp3) is 0.200. The Morgan fingerprint density at radius 2 is 1.42 bits per heavy atom. The van der Waals surface area contributed by atoms with Crippen molar-refractivity contribution in [2.24, 2.45) is 0 Å². The lowest BCUT2D eigenvalue weighted by Crippen LogP contribution is -2.10. The van der Waals surface area contributed by atoms with Crippen LogP contribution in [0.25, 0.3) is 12.2 Å². The Balaban J connectivity index is 1.93. The van der Waals surface area contributed by atoms with E-state index >= 15 is 0 Å². The standard InChI is InChI=1S/C25H26IN3O2/c1-27(2)23-13-9-19(15-21-10-14-24(28(3)4)17-25(21)26)20(16-23)8-5-18-6-11-22(12-7-18)29(30)31/h5-14,16-17H,15H2,1-4H3/b8-5+. The van der Waals surface area contributed by atoms with Gasteiger partial charge in [-0.2, -0.15) is 0 Å². The van der Waals surface area contributed by atoms with E-state index in [1.54, 1.807) is 12.1 Å². The van der Waals surface area contributed by atoms with Crippen LogP contribution < -0.4 is 9.80 Å². The Labute approximate surface area is 197 Å². The third-order valence-corrected chi connectivity index (χ3v) is 6.14. The zero-order valence-electron chi connectivity index (χ0n) is 18.2. The highest BCUT2D eigenvalue weighted by Gasteiger charge is 2.09. The molecule has 3 aromatic rings.